The second-order valence-corrected chi connectivity index (χ2v) is 10.4. The van der Waals surface area contributed by atoms with Gasteiger partial charge in [0.1, 0.15) is 11.9 Å². The van der Waals surface area contributed by atoms with E-state index in [1.165, 1.54) is 4.90 Å². The maximum atomic E-state index is 14.0. The van der Waals surface area contributed by atoms with Gasteiger partial charge in [-0.25, -0.2) is 4.39 Å². The number of hydrogen-bond acceptors (Lipinski definition) is 4. The number of carbonyl (C=O) groups is 2. The molecule has 7 nitrogen and oxygen atoms in total. The van der Waals surface area contributed by atoms with Crippen LogP contribution in [0.4, 0.5) is 17.6 Å². The van der Waals surface area contributed by atoms with Gasteiger partial charge >= 0.3 is 6.18 Å². The Hall–Kier alpha value is -1.92. The second kappa shape index (κ2) is 9.52. The van der Waals surface area contributed by atoms with Crippen LogP contribution < -0.4 is 5.32 Å². The average molecular weight is 500 g/mol. The summed E-state index contributed by atoms with van der Waals surface area (Å²) >= 11 is 0. The highest BCUT2D eigenvalue weighted by Crippen LogP contribution is 2.30. The summed E-state index contributed by atoms with van der Waals surface area (Å²) < 4.78 is 76.2. The summed E-state index contributed by atoms with van der Waals surface area (Å²) in [5.41, 5.74) is -1.24. The number of halogens is 5. The summed E-state index contributed by atoms with van der Waals surface area (Å²) in [6, 6.07) is 1.24. The first-order valence-electron chi connectivity index (χ1n) is 10.0. The largest absolute Gasteiger partial charge is 0.416 e. The summed E-state index contributed by atoms with van der Waals surface area (Å²) in [7, 11) is 1.43. The molecule has 2 atom stereocenters. The number of benzene rings is 1. The van der Waals surface area contributed by atoms with Crippen LogP contribution in [0.25, 0.3) is 0 Å². The third-order valence-electron chi connectivity index (χ3n) is 5.71. The van der Waals surface area contributed by atoms with Crippen LogP contribution in [0.3, 0.4) is 0 Å². The standard InChI is InChI=1S/C19H22ClF4N3O4S/c20-32(30,31)26-7-1-3-13(11-26)18(29)27-8-2-4-16(27)17(28)25-10-12-5-6-14(9-15(12)21)19(22,23)24/h5-6,9,13,16H,1-4,7-8,10-11H2,(H,25,28)/t13-,16+/m0/s1. The van der Waals surface area contributed by atoms with Gasteiger partial charge in [0.05, 0.1) is 11.5 Å². The van der Waals surface area contributed by atoms with E-state index in [2.05, 4.69) is 5.32 Å². The minimum atomic E-state index is -4.68. The number of amides is 2. The van der Waals surface area contributed by atoms with Crippen LogP contribution in [0.15, 0.2) is 18.2 Å². The molecular formula is C19H22ClF4N3O4S. The van der Waals surface area contributed by atoms with Crippen LogP contribution >= 0.6 is 10.7 Å². The van der Waals surface area contributed by atoms with Crippen molar-refractivity contribution < 1.29 is 35.6 Å². The van der Waals surface area contributed by atoms with Crippen LogP contribution in [-0.2, 0) is 31.5 Å². The Kier molecular flexibility index (Phi) is 7.35. The van der Waals surface area contributed by atoms with Gasteiger partial charge in [-0.2, -0.15) is 25.9 Å². The lowest BCUT2D eigenvalue weighted by atomic mass is 9.97. The molecule has 2 aliphatic rings. The molecule has 0 spiro atoms. The van der Waals surface area contributed by atoms with Crippen LogP contribution in [0.5, 0.6) is 0 Å². The van der Waals surface area contributed by atoms with E-state index in [-0.39, 0.29) is 31.1 Å². The van der Waals surface area contributed by atoms with Gasteiger partial charge in [-0.1, -0.05) is 6.07 Å². The topological polar surface area (TPSA) is 86.8 Å². The van der Waals surface area contributed by atoms with Crippen molar-refractivity contribution in [2.45, 2.75) is 44.4 Å². The summed E-state index contributed by atoms with van der Waals surface area (Å²) in [6.07, 6.45) is -2.82. The zero-order chi connectivity index (χ0) is 23.7. The predicted molar refractivity (Wildman–Crippen MR) is 107 cm³/mol. The van der Waals surface area contributed by atoms with E-state index in [9.17, 15) is 35.6 Å². The van der Waals surface area contributed by atoms with Gasteiger partial charge in [0.2, 0.25) is 11.8 Å². The van der Waals surface area contributed by atoms with Crippen molar-refractivity contribution >= 4 is 31.7 Å². The number of alkyl halides is 3. The minimum Gasteiger partial charge on any atom is -0.350 e. The molecule has 0 aliphatic carbocycles. The van der Waals surface area contributed by atoms with Gasteiger partial charge in [0.25, 0.3) is 9.24 Å². The van der Waals surface area contributed by atoms with Crippen LogP contribution in [0.2, 0.25) is 0 Å². The summed E-state index contributed by atoms with van der Waals surface area (Å²) in [6.45, 7) is 0.142. The Balaban J connectivity index is 1.62. The van der Waals surface area contributed by atoms with E-state index < -0.39 is 44.7 Å². The third-order valence-corrected chi connectivity index (χ3v) is 7.25. The van der Waals surface area contributed by atoms with Crippen molar-refractivity contribution in [2.24, 2.45) is 5.92 Å². The Bertz CT molecular complexity index is 989. The first-order chi connectivity index (χ1) is 14.9. The number of nitrogens with zero attached hydrogens (tertiary/aromatic N) is 2. The molecule has 0 aromatic heterocycles. The highest BCUT2D eigenvalue weighted by Gasteiger charge is 2.40. The Labute approximate surface area is 187 Å². The molecule has 32 heavy (non-hydrogen) atoms. The lowest BCUT2D eigenvalue weighted by Crippen LogP contribution is -2.50. The average Bonchev–Trinajstić information content (AvgIpc) is 3.21. The van der Waals surface area contributed by atoms with Gasteiger partial charge in [-0.15, -0.1) is 0 Å². The molecule has 2 heterocycles. The highest BCUT2D eigenvalue weighted by atomic mass is 35.7. The van der Waals surface area contributed by atoms with Crippen molar-refractivity contribution in [2.75, 3.05) is 19.6 Å². The zero-order valence-corrected chi connectivity index (χ0v) is 18.4. The second-order valence-electron chi connectivity index (χ2n) is 7.85. The summed E-state index contributed by atoms with van der Waals surface area (Å²) in [5, 5.41) is 2.48. The van der Waals surface area contributed by atoms with Crippen molar-refractivity contribution in [3.05, 3.63) is 35.1 Å². The van der Waals surface area contributed by atoms with Gasteiger partial charge in [-0.05, 0) is 37.8 Å². The van der Waals surface area contributed by atoms with Crippen LogP contribution in [0, 0.1) is 11.7 Å². The molecule has 0 unspecified atom stereocenters. The van der Waals surface area contributed by atoms with Gasteiger partial charge in [0, 0.05) is 42.4 Å². The Morgan fingerprint density at radius 2 is 1.84 bits per heavy atom. The number of piperidine rings is 1. The summed E-state index contributed by atoms with van der Waals surface area (Å²) in [4.78, 5) is 27.0. The molecule has 0 radical (unpaired) electrons. The predicted octanol–water partition coefficient (Wildman–Crippen LogP) is 2.65. The monoisotopic (exact) mass is 499 g/mol. The third kappa shape index (κ3) is 5.70. The van der Waals surface area contributed by atoms with Crippen molar-refractivity contribution in [3.63, 3.8) is 0 Å². The highest BCUT2D eigenvalue weighted by molar-refractivity contribution is 8.11. The molecule has 2 saturated heterocycles. The van der Waals surface area contributed by atoms with E-state index in [0.717, 1.165) is 16.4 Å². The van der Waals surface area contributed by atoms with Gasteiger partial charge < -0.3 is 10.2 Å². The van der Waals surface area contributed by atoms with Crippen molar-refractivity contribution in [1.82, 2.24) is 14.5 Å². The maximum Gasteiger partial charge on any atom is 0.416 e. The molecule has 2 aliphatic heterocycles. The molecule has 2 amide bonds. The SMILES string of the molecule is O=C(NCc1ccc(C(F)(F)F)cc1F)[C@H]1CCCN1C(=O)[C@H]1CCCN(S(=O)(=O)Cl)C1. The Morgan fingerprint density at radius 1 is 1.16 bits per heavy atom. The lowest BCUT2D eigenvalue weighted by molar-refractivity contribution is -0.142. The van der Waals surface area contributed by atoms with Crippen LogP contribution in [0.1, 0.15) is 36.8 Å². The molecule has 2 fully saturated rings. The molecule has 178 valence electrons. The number of likely N-dealkylation sites (tertiary alicyclic amines) is 1. The van der Waals surface area contributed by atoms with Gasteiger partial charge in [0.15, 0.2) is 0 Å². The van der Waals surface area contributed by atoms with Crippen LogP contribution in [-0.4, -0.2) is 55.1 Å². The fourth-order valence-corrected chi connectivity index (χ4v) is 5.13. The first-order valence-corrected chi connectivity index (χ1v) is 12.3. The van der Waals surface area contributed by atoms with E-state index in [4.69, 9.17) is 10.7 Å². The number of nitrogens with one attached hydrogen (secondary N) is 1. The smallest absolute Gasteiger partial charge is 0.350 e. The van der Waals surface area contributed by atoms with E-state index in [1.807, 2.05) is 0 Å². The van der Waals surface area contributed by atoms with E-state index in [1.54, 1.807) is 0 Å². The number of carbonyl (C=O) groups excluding carboxylic acids is 2. The normalized spacial score (nSPS) is 22.7. The summed E-state index contributed by atoms with van der Waals surface area (Å²) in [5.74, 6) is -2.62. The van der Waals surface area contributed by atoms with E-state index >= 15 is 0 Å². The van der Waals surface area contributed by atoms with Crippen molar-refractivity contribution in [1.29, 1.82) is 0 Å². The first kappa shape index (κ1) is 24.7. The molecule has 1 aromatic carbocycles. The molecule has 1 aromatic rings. The van der Waals surface area contributed by atoms with Gasteiger partial charge in [-0.3, -0.25) is 9.59 Å². The quantitative estimate of drug-likeness (QED) is 0.498. The Morgan fingerprint density at radius 3 is 2.47 bits per heavy atom. The van der Waals surface area contributed by atoms with Crippen molar-refractivity contribution in [3.8, 4) is 0 Å². The maximum absolute atomic E-state index is 14.0. The molecular weight excluding hydrogens is 478 g/mol. The molecule has 0 bridgehead atoms. The number of rotatable bonds is 5. The molecule has 1 N–H and O–H groups in total. The lowest BCUT2D eigenvalue weighted by Gasteiger charge is -2.33. The molecule has 0 saturated carbocycles. The van der Waals surface area contributed by atoms with E-state index in [0.29, 0.717) is 38.3 Å². The fourth-order valence-electron chi connectivity index (χ4n) is 4.05. The molecule has 13 heteroatoms. The number of hydrogen-bond donors (Lipinski definition) is 1. The minimum absolute atomic E-state index is 0.0632. The zero-order valence-electron chi connectivity index (χ0n) is 16.9. The molecule has 3 rings (SSSR count). The fraction of sp³-hybridized carbons (Fsp3) is 0.579.